The Kier molecular flexibility index (Phi) is 22.6. The number of benzene rings is 1. The maximum absolute atomic E-state index is 11.0. The number of hydrogen-bond acceptors (Lipinski definition) is 10. The van der Waals surface area contributed by atoms with Crippen LogP contribution in [0.3, 0.4) is 0 Å². The molecule has 1 aliphatic heterocycles. The molecular weight excluding hydrogens is 544 g/mol. The summed E-state index contributed by atoms with van der Waals surface area (Å²) < 4.78 is 23.8. The average Bonchev–Trinajstić information content (AvgIpc) is 3.78. The van der Waals surface area contributed by atoms with Crippen molar-refractivity contribution in [2.45, 2.75) is 54.3 Å². The molecule has 10 heteroatoms. The molecule has 42 heavy (non-hydrogen) atoms. The maximum Gasteiger partial charge on any atom is 0.333 e. The van der Waals surface area contributed by atoms with Gasteiger partial charge in [0.05, 0.1) is 19.8 Å². The first-order valence-electron chi connectivity index (χ1n) is 13.2. The minimum atomic E-state index is -0.455. The summed E-state index contributed by atoms with van der Waals surface area (Å²) in [7, 11) is 0. The van der Waals surface area contributed by atoms with Crippen LogP contribution >= 0.6 is 0 Å². The van der Waals surface area contributed by atoms with E-state index < -0.39 is 5.97 Å². The van der Waals surface area contributed by atoms with E-state index in [4.69, 9.17) is 24.1 Å². The molecular formula is C32H46O10. The number of aliphatic hydroxyl groups excluding tert-OH is 1. The van der Waals surface area contributed by atoms with Crippen LogP contribution < -0.4 is 0 Å². The second-order valence-electron chi connectivity index (χ2n) is 9.59. The van der Waals surface area contributed by atoms with E-state index in [1.165, 1.54) is 0 Å². The Bertz CT molecular complexity index is 1010. The predicted molar refractivity (Wildman–Crippen MR) is 160 cm³/mol. The molecule has 1 unspecified atom stereocenters. The van der Waals surface area contributed by atoms with Crippen molar-refractivity contribution >= 4 is 23.9 Å². The van der Waals surface area contributed by atoms with Crippen LogP contribution in [0.25, 0.3) is 0 Å². The molecule has 1 aromatic carbocycles. The third kappa shape index (κ3) is 25.0. The summed E-state index contributed by atoms with van der Waals surface area (Å²) in [6.07, 6.45) is 0.142. The van der Waals surface area contributed by atoms with Gasteiger partial charge < -0.3 is 28.8 Å². The van der Waals surface area contributed by atoms with E-state index in [0.717, 1.165) is 5.56 Å². The minimum Gasteiger partial charge on any atom is -0.462 e. The van der Waals surface area contributed by atoms with E-state index in [0.29, 0.717) is 54.6 Å². The van der Waals surface area contributed by atoms with Crippen molar-refractivity contribution in [2.75, 3.05) is 33.0 Å². The van der Waals surface area contributed by atoms with Crippen LogP contribution in [-0.2, 0) is 49.5 Å². The first-order chi connectivity index (χ1) is 19.6. The molecule has 2 rings (SSSR count). The van der Waals surface area contributed by atoms with Gasteiger partial charge >= 0.3 is 23.9 Å². The zero-order valence-electron chi connectivity index (χ0n) is 25.7. The molecule has 10 nitrogen and oxygen atoms in total. The molecule has 0 radical (unpaired) electrons. The van der Waals surface area contributed by atoms with Gasteiger partial charge in [0.15, 0.2) is 0 Å². The number of aliphatic hydroxyl groups is 1. The molecule has 1 N–H and O–H groups in total. The number of carbonyl (C=O) groups is 4. The molecule has 0 aliphatic carbocycles. The van der Waals surface area contributed by atoms with Crippen molar-refractivity contribution in [1.82, 2.24) is 0 Å². The van der Waals surface area contributed by atoms with Crippen LogP contribution in [0, 0.1) is 5.92 Å². The van der Waals surface area contributed by atoms with E-state index >= 15 is 0 Å². The zero-order valence-corrected chi connectivity index (χ0v) is 25.7. The van der Waals surface area contributed by atoms with Crippen molar-refractivity contribution < 1.29 is 48.0 Å². The lowest BCUT2D eigenvalue weighted by molar-refractivity contribution is -0.140. The van der Waals surface area contributed by atoms with Gasteiger partial charge in [-0.3, -0.25) is 0 Å². The van der Waals surface area contributed by atoms with Crippen LogP contribution in [0.5, 0.6) is 0 Å². The van der Waals surface area contributed by atoms with E-state index in [-0.39, 0.29) is 37.2 Å². The number of hydrogen-bond donors (Lipinski definition) is 1. The summed E-state index contributed by atoms with van der Waals surface area (Å²) in [5, 5.41) is 8.19. The summed E-state index contributed by atoms with van der Waals surface area (Å²) in [6, 6.07) is 9.55. The Morgan fingerprint density at radius 2 is 1.21 bits per heavy atom. The summed E-state index contributed by atoms with van der Waals surface area (Å²) >= 11 is 0. The molecule has 0 bridgehead atoms. The lowest BCUT2D eigenvalue weighted by Gasteiger charge is -2.05. The highest BCUT2D eigenvalue weighted by Crippen LogP contribution is 2.09. The molecule has 1 atom stereocenters. The van der Waals surface area contributed by atoms with Gasteiger partial charge in [0.2, 0.25) is 0 Å². The third-order valence-corrected chi connectivity index (χ3v) is 4.28. The van der Waals surface area contributed by atoms with Crippen LogP contribution in [0.4, 0.5) is 0 Å². The first-order valence-corrected chi connectivity index (χ1v) is 13.2. The highest BCUT2D eigenvalue weighted by Gasteiger charge is 2.24. The lowest BCUT2D eigenvalue weighted by Crippen LogP contribution is -2.09. The average molecular weight is 591 g/mol. The molecule has 1 fully saturated rings. The zero-order chi connectivity index (χ0) is 32.7. The second kappa shape index (κ2) is 23.7. The lowest BCUT2D eigenvalue weighted by atomic mass is 10.2. The summed E-state index contributed by atoms with van der Waals surface area (Å²) in [4.78, 5) is 42.9. The van der Waals surface area contributed by atoms with Crippen LogP contribution in [0.1, 0.15) is 47.1 Å². The van der Waals surface area contributed by atoms with Gasteiger partial charge in [-0.2, -0.15) is 0 Å². The largest absolute Gasteiger partial charge is 0.462 e. The number of ether oxygens (including phenoxy) is 5. The van der Waals surface area contributed by atoms with Crippen LogP contribution in [-0.4, -0.2) is 68.1 Å². The van der Waals surface area contributed by atoms with E-state index in [2.05, 4.69) is 31.1 Å². The van der Waals surface area contributed by atoms with Crippen molar-refractivity contribution in [3.05, 3.63) is 84.5 Å². The molecule has 234 valence electrons. The topological polar surface area (TPSA) is 138 Å². The van der Waals surface area contributed by atoms with Crippen molar-refractivity contribution in [3.8, 4) is 0 Å². The highest BCUT2D eigenvalue weighted by atomic mass is 16.6. The number of rotatable bonds is 12. The molecule has 1 aromatic rings. The fourth-order valence-electron chi connectivity index (χ4n) is 1.93. The highest BCUT2D eigenvalue weighted by molar-refractivity contribution is 5.88. The van der Waals surface area contributed by atoms with Crippen molar-refractivity contribution in [1.29, 1.82) is 0 Å². The molecule has 0 spiro atoms. The van der Waals surface area contributed by atoms with E-state index in [9.17, 15) is 19.2 Å². The van der Waals surface area contributed by atoms with Gasteiger partial charge in [0.25, 0.3) is 0 Å². The van der Waals surface area contributed by atoms with Gasteiger partial charge in [0, 0.05) is 22.3 Å². The van der Waals surface area contributed by atoms with E-state index in [1.54, 1.807) is 27.7 Å². The van der Waals surface area contributed by atoms with Gasteiger partial charge in [-0.05, 0) is 39.2 Å². The Morgan fingerprint density at radius 1 is 0.786 bits per heavy atom. The fourth-order valence-corrected chi connectivity index (χ4v) is 1.93. The monoisotopic (exact) mass is 590 g/mol. The molecule has 1 heterocycles. The molecule has 0 amide bonds. The number of carbonyl (C=O) groups excluding carboxylic acids is 4. The minimum absolute atomic E-state index is 0.0473. The number of epoxide rings is 1. The van der Waals surface area contributed by atoms with Crippen LogP contribution in [0.2, 0.25) is 0 Å². The normalized spacial score (nSPS) is 12.2. The predicted octanol–water partition coefficient (Wildman–Crippen LogP) is 4.67. The molecule has 0 aromatic heterocycles. The third-order valence-electron chi connectivity index (χ3n) is 4.28. The Balaban J connectivity index is 0. The first kappa shape index (κ1) is 40.1. The quantitative estimate of drug-likeness (QED) is 0.158. The SMILES string of the molecule is C=C(C)C(=O)OCC(C)C.C=C(C)C(=O)OCC1CO1.C=C(C)C(=O)OCCO.C=C(C)C(=O)OCc1ccccc1. The van der Waals surface area contributed by atoms with Crippen LogP contribution in [0.15, 0.2) is 78.9 Å². The van der Waals surface area contributed by atoms with E-state index in [1.807, 2.05) is 44.2 Å². The number of esters is 4. The Hall–Kier alpha value is -4.02. The summed E-state index contributed by atoms with van der Waals surface area (Å²) in [6.45, 7) is 26.0. The van der Waals surface area contributed by atoms with Gasteiger partial charge in [0.1, 0.15) is 25.9 Å². The molecule has 0 saturated carbocycles. The van der Waals surface area contributed by atoms with Crippen molar-refractivity contribution in [2.24, 2.45) is 5.92 Å². The Labute approximate surface area is 249 Å². The smallest absolute Gasteiger partial charge is 0.333 e. The fraction of sp³-hybridized carbons (Fsp3) is 0.438. The van der Waals surface area contributed by atoms with Gasteiger partial charge in [-0.15, -0.1) is 0 Å². The van der Waals surface area contributed by atoms with Gasteiger partial charge in [-0.25, -0.2) is 19.2 Å². The molecule has 1 saturated heterocycles. The standard InChI is InChI=1S/C11H12O2.C8H14O2.C7H10O3.C6H10O3/c1-9(2)11(12)13-8-10-6-4-3-5-7-10;1-6(2)5-10-8(9)7(3)4;1-5(2)7(8)10-4-6-3-9-6;1-5(2)6(8)9-4-3-7/h3-7H,1,8H2,2H3;6H,3,5H2,1-2,4H3;6H,1,3-4H2,2H3;7H,1,3-4H2,2H3. The summed E-state index contributed by atoms with van der Waals surface area (Å²) in [5.41, 5.74) is 2.65. The van der Waals surface area contributed by atoms with Gasteiger partial charge in [-0.1, -0.05) is 70.5 Å². The summed E-state index contributed by atoms with van der Waals surface area (Å²) in [5.74, 6) is -1.04. The second-order valence-corrected chi connectivity index (χ2v) is 9.59. The molecule has 1 aliphatic rings. The Morgan fingerprint density at radius 3 is 1.62 bits per heavy atom. The van der Waals surface area contributed by atoms with Crippen molar-refractivity contribution in [3.63, 3.8) is 0 Å². The maximum atomic E-state index is 11.0.